The van der Waals surface area contributed by atoms with Gasteiger partial charge in [-0.15, -0.1) is 0 Å². The molecule has 0 bridgehead atoms. The molecule has 0 unspecified atom stereocenters. The number of amides is 1. The molecule has 0 aliphatic carbocycles. The first-order valence-electron chi connectivity index (χ1n) is 7.60. The van der Waals surface area contributed by atoms with Gasteiger partial charge in [-0.1, -0.05) is 0 Å². The summed E-state index contributed by atoms with van der Waals surface area (Å²) in [5, 5.41) is 13.1. The molecule has 1 N–H and O–H groups in total. The van der Waals surface area contributed by atoms with E-state index in [0.717, 1.165) is 28.6 Å². The third-order valence-electron chi connectivity index (χ3n) is 3.76. The number of nitrogens with one attached hydrogen (secondary N) is 1. The molecule has 0 heterocycles. The summed E-state index contributed by atoms with van der Waals surface area (Å²) in [4.78, 5) is 33.1. The first kappa shape index (κ1) is 21.5. The molecule has 1 amide bonds. The third kappa shape index (κ3) is 5.23. The minimum atomic E-state index is -3.94. The van der Waals surface area contributed by atoms with E-state index in [1.807, 2.05) is 0 Å². The van der Waals surface area contributed by atoms with Crippen LogP contribution in [0.2, 0.25) is 0 Å². The highest BCUT2D eigenvalue weighted by Crippen LogP contribution is 2.20. The summed E-state index contributed by atoms with van der Waals surface area (Å²) in [7, 11) is -1.44. The molecular formula is C15H21N3O7S. The maximum Gasteiger partial charge on any atom is 0.328 e. The van der Waals surface area contributed by atoms with Gasteiger partial charge in [-0.05, 0) is 26.0 Å². The maximum atomic E-state index is 12.6. The van der Waals surface area contributed by atoms with Gasteiger partial charge in [-0.3, -0.25) is 14.9 Å². The highest BCUT2D eigenvalue weighted by atomic mass is 32.2. The number of rotatable bonds is 8. The highest BCUT2D eigenvalue weighted by molar-refractivity contribution is 7.89. The molecule has 0 spiro atoms. The van der Waals surface area contributed by atoms with E-state index in [9.17, 15) is 28.1 Å². The molecule has 10 nitrogen and oxygen atoms in total. The van der Waals surface area contributed by atoms with Crippen LogP contribution in [-0.2, 0) is 24.3 Å². The Morgan fingerprint density at radius 1 is 1.27 bits per heavy atom. The van der Waals surface area contributed by atoms with Crippen molar-refractivity contribution >= 4 is 27.6 Å². The second-order valence-electron chi connectivity index (χ2n) is 5.64. The summed E-state index contributed by atoms with van der Waals surface area (Å²) < 4.78 is 30.6. The van der Waals surface area contributed by atoms with E-state index >= 15 is 0 Å². The highest BCUT2D eigenvalue weighted by Gasteiger charge is 2.28. The fraction of sp³-hybridized carbons (Fsp3) is 0.467. The van der Waals surface area contributed by atoms with Crippen LogP contribution in [-0.4, -0.2) is 55.8 Å². The Labute approximate surface area is 151 Å². The molecule has 144 valence electrons. The molecule has 0 saturated carbocycles. The van der Waals surface area contributed by atoms with Crippen LogP contribution in [0.25, 0.3) is 0 Å². The zero-order chi connectivity index (χ0) is 20.1. The SMILES string of the molecule is COC(=O)[C@H](C)NC(=O)C[C@@H](C)N(C)S(=O)(=O)c1ccc([N+](=O)[O-])cc1. The topological polar surface area (TPSA) is 136 Å². The molecule has 26 heavy (non-hydrogen) atoms. The van der Waals surface area contributed by atoms with Crippen LogP contribution in [0.3, 0.4) is 0 Å². The number of nitro benzene ring substituents is 1. The second kappa shape index (κ2) is 8.72. The average molecular weight is 387 g/mol. The Morgan fingerprint density at radius 2 is 1.81 bits per heavy atom. The Balaban J connectivity index is 2.82. The molecule has 0 aromatic heterocycles. The van der Waals surface area contributed by atoms with Gasteiger partial charge in [0.15, 0.2) is 0 Å². The molecule has 1 aromatic carbocycles. The maximum absolute atomic E-state index is 12.6. The molecule has 1 rings (SSSR count). The van der Waals surface area contributed by atoms with Crippen LogP contribution in [0, 0.1) is 10.1 Å². The minimum Gasteiger partial charge on any atom is -0.467 e. The molecule has 0 fully saturated rings. The Morgan fingerprint density at radius 3 is 2.27 bits per heavy atom. The number of hydrogen-bond donors (Lipinski definition) is 1. The normalized spacial score (nSPS) is 13.7. The Hall–Kier alpha value is -2.53. The standard InChI is InChI=1S/C15H21N3O7S/c1-10(9-14(19)16-11(2)15(20)25-4)17(3)26(23,24)13-7-5-12(6-8-13)18(21)22/h5-8,10-11H,9H2,1-4H3,(H,16,19)/t10-,11+/m1/s1. The largest absolute Gasteiger partial charge is 0.467 e. The van der Waals surface area contributed by atoms with E-state index in [2.05, 4.69) is 10.1 Å². The van der Waals surface area contributed by atoms with Crippen molar-refractivity contribution in [3.63, 3.8) is 0 Å². The molecule has 11 heteroatoms. The quantitative estimate of drug-likeness (QED) is 0.393. The fourth-order valence-corrected chi connectivity index (χ4v) is 3.44. The lowest BCUT2D eigenvalue weighted by molar-refractivity contribution is -0.384. The summed E-state index contributed by atoms with van der Waals surface area (Å²) >= 11 is 0. The number of sulfonamides is 1. The number of carbonyl (C=O) groups excluding carboxylic acids is 2. The summed E-state index contributed by atoms with van der Waals surface area (Å²) in [5.74, 6) is -1.13. The summed E-state index contributed by atoms with van der Waals surface area (Å²) in [6.07, 6.45) is -0.177. The van der Waals surface area contributed by atoms with E-state index in [-0.39, 0.29) is 17.0 Å². The number of hydrogen-bond acceptors (Lipinski definition) is 7. The van der Waals surface area contributed by atoms with Crippen molar-refractivity contribution in [3.05, 3.63) is 34.4 Å². The zero-order valence-electron chi connectivity index (χ0n) is 14.8. The van der Waals surface area contributed by atoms with E-state index in [4.69, 9.17) is 0 Å². The van der Waals surface area contributed by atoms with E-state index < -0.39 is 38.9 Å². The lowest BCUT2D eigenvalue weighted by atomic mass is 10.2. The summed E-state index contributed by atoms with van der Waals surface area (Å²) in [6, 6.07) is 2.90. The van der Waals surface area contributed by atoms with Gasteiger partial charge < -0.3 is 10.1 Å². The van der Waals surface area contributed by atoms with Gasteiger partial charge in [0, 0.05) is 31.6 Å². The Bertz CT molecular complexity index is 777. The second-order valence-corrected chi connectivity index (χ2v) is 7.64. The van der Waals surface area contributed by atoms with Gasteiger partial charge >= 0.3 is 5.97 Å². The smallest absolute Gasteiger partial charge is 0.328 e. The van der Waals surface area contributed by atoms with Crippen LogP contribution in [0.5, 0.6) is 0 Å². The van der Waals surface area contributed by atoms with Crippen LogP contribution in [0.4, 0.5) is 5.69 Å². The molecule has 0 aliphatic rings. The summed E-state index contributed by atoms with van der Waals surface area (Å²) in [6.45, 7) is 2.98. The molecule has 1 aromatic rings. The number of ether oxygens (including phenoxy) is 1. The fourth-order valence-electron chi connectivity index (χ4n) is 2.08. The van der Waals surface area contributed by atoms with Gasteiger partial charge in [-0.2, -0.15) is 4.31 Å². The van der Waals surface area contributed by atoms with Crippen molar-refractivity contribution in [2.75, 3.05) is 14.2 Å². The zero-order valence-corrected chi connectivity index (χ0v) is 15.6. The van der Waals surface area contributed by atoms with Gasteiger partial charge in [0.1, 0.15) is 6.04 Å². The van der Waals surface area contributed by atoms with E-state index in [1.54, 1.807) is 0 Å². The van der Waals surface area contributed by atoms with E-state index in [0.29, 0.717) is 0 Å². The number of benzene rings is 1. The van der Waals surface area contributed by atoms with Crippen LogP contribution >= 0.6 is 0 Å². The lowest BCUT2D eigenvalue weighted by Gasteiger charge is -2.24. The Kier molecular flexibility index (Phi) is 7.21. The average Bonchev–Trinajstić information content (AvgIpc) is 2.59. The molecule has 0 aliphatic heterocycles. The lowest BCUT2D eigenvalue weighted by Crippen LogP contribution is -2.43. The molecule has 2 atom stereocenters. The molecule has 0 radical (unpaired) electrons. The van der Waals surface area contributed by atoms with Gasteiger partial charge in [0.2, 0.25) is 15.9 Å². The molecular weight excluding hydrogens is 366 g/mol. The number of esters is 1. The number of nitrogens with zero attached hydrogens (tertiary/aromatic N) is 2. The van der Waals surface area contributed by atoms with Gasteiger partial charge in [0.05, 0.1) is 16.9 Å². The van der Waals surface area contributed by atoms with Crippen LogP contribution in [0.1, 0.15) is 20.3 Å². The van der Waals surface area contributed by atoms with Crippen molar-refractivity contribution in [2.45, 2.75) is 37.2 Å². The molecule has 0 saturated heterocycles. The monoisotopic (exact) mass is 387 g/mol. The van der Waals surface area contributed by atoms with Crippen LogP contribution in [0.15, 0.2) is 29.2 Å². The predicted octanol–water partition coefficient (Wildman–Crippen LogP) is 0.672. The first-order valence-corrected chi connectivity index (χ1v) is 9.04. The van der Waals surface area contributed by atoms with Gasteiger partial charge in [-0.25, -0.2) is 13.2 Å². The summed E-state index contributed by atoms with van der Waals surface area (Å²) in [5.41, 5.74) is -0.226. The van der Waals surface area contributed by atoms with Gasteiger partial charge in [0.25, 0.3) is 5.69 Å². The number of nitro groups is 1. The van der Waals surface area contributed by atoms with Crippen molar-refractivity contribution in [2.24, 2.45) is 0 Å². The number of non-ortho nitro benzene ring substituents is 1. The third-order valence-corrected chi connectivity index (χ3v) is 5.74. The van der Waals surface area contributed by atoms with Crippen LogP contribution < -0.4 is 5.32 Å². The van der Waals surface area contributed by atoms with Crippen molar-refractivity contribution < 1.29 is 27.7 Å². The van der Waals surface area contributed by atoms with Crippen molar-refractivity contribution in [3.8, 4) is 0 Å². The minimum absolute atomic E-state index is 0.124. The van der Waals surface area contributed by atoms with Crippen molar-refractivity contribution in [1.29, 1.82) is 0 Å². The predicted molar refractivity (Wildman–Crippen MR) is 91.7 cm³/mol. The van der Waals surface area contributed by atoms with E-state index in [1.165, 1.54) is 28.0 Å². The van der Waals surface area contributed by atoms with Crippen molar-refractivity contribution in [1.82, 2.24) is 9.62 Å². The number of carbonyl (C=O) groups is 2. The number of methoxy groups -OCH3 is 1. The first-order chi connectivity index (χ1) is 12.0.